The third-order valence-electron chi connectivity index (χ3n) is 2.19. The summed E-state index contributed by atoms with van der Waals surface area (Å²) in [7, 11) is 0. The van der Waals surface area contributed by atoms with Crippen molar-refractivity contribution in [3.63, 3.8) is 0 Å². The van der Waals surface area contributed by atoms with E-state index in [1.807, 2.05) is 0 Å². The number of rotatable bonds is 2. The summed E-state index contributed by atoms with van der Waals surface area (Å²) in [6.07, 6.45) is -0.352. The van der Waals surface area contributed by atoms with Gasteiger partial charge in [0.1, 0.15) is 0 Å². The average molecular weight is 274 g/mol. The van der Waals surface area contributed by atoms with Crippen molar-refractivity contribution in [1.82, 2.24) is 15.0 Å². The molecule has 1 unspecified atom stereocenters. The molecule has 2 N–H and O–H groups in total. The lowest BCUT2D eigenvalue weighted by molar-refractivity contribution is -0.137. The maximum atomic E-state index is 12.4. The molecule has 4 nitrogen and oxygen atoms in total. The zero-order chi connectivity index (χ0) is 13.3. The van der Waals surface area contributed by atoms with Gasteiger partial charge in [-0.1, -0.05) is 0 Å². The smallest absolute Gasteiger partial charge is 0.318 e. The molecular weight excluding hydrogens is 265 g/mol. The van der Waals surface area contributed by atoms with Crippen molar-refractivity contribution in [3.05, 3.63) is 39.9 Å². The summed E-state index contributed by atoms with van der Waals surface area (Å²) in [6.45, 7) is 1.76. The molecule has 0 aromatic carbocycles. The quantitative estimate of drug-likeness (QED) is 0.912. The second kappa shape index (κ2) is 4.62. The molecule has 0 radical (unpaired) electrons. The van der Waals surface area contributed by atoms with Gasteiger partial charge < -0.3 is 5.73 Å². The van der Waals surface area contributed by atoms with E-state index in [4.69, 9.17) is 5.73 Å². The summed E-state index contributed by atoms with van der Waals surface area (Å²) >= 11 is 0.518. The molecule has 0 saturated heterocycles. The van der Waals surface area contributed by atoms with Gasteiger partial charge in [-0.2, -0.15) is 13.2 Å². The van der Waals surface area contributed by atoms with E-state index in [0.717, 1.165) is 6.20 Å². The first-order valence-corrected chi connectivity index (χ1v) is 5.76. The molecule has 2 aromatic heterocycles. The van der Waals surface area contributed by atoms with Crippen molar-refractivity contribution in [2.45, 2.75) is 19.1 Å². The van der Waals surface area contributed by atoms with E-state index in [1.54, 1.807) is 6.92 Å². The monoisotopic (exact) mass is 274 g/mol. The van der Waals surface area contributed by atoms with E-state index in [2.05, 4.69) is 15.0 Å². The highest BCUT2D eigenvalue weighted by Gasteiger charge is 2.35. The number of nitrogens with two attached hydrogens (primary N) is 1. The van der Waals surface area contributed by atoms with Gasteiger partial charge in [-0.05, 0) is 6.92 Å². The molecule has 96 valence electrons. The van der Waals surface area contributed by atoms with Gasteiger partial charge in [0.15, 0.2) is 5.01 Å². The Hall–Kier alpha value is -1.54. The molecule has 0 aliphatic carbocycles. The predicted octanol–water partition coefficient (Wildman–Crippen LogP) is 2.31. The number of aryl methyl sites for hydroxylation is 1. The molecule has 0 aliphatic heterocycles. The van der Waals surface area contributed by atoms with Gasteiger partial charge in [0.05, 0.1) is 23.6 Å². The molecule has 0 spiro atoms. The van der Waals surface area contributed by atoms with Crippen LogP contribution in [0.15, 0.2) is 18.6 Å². The molecule has 0 amide bonds. The highest BCUT2D eigenvalue weighted by Crippen LogP contribution is 2.34. The van der Waals surface area contributed by atoms with Gasteiger partial charge in [-0.15, -0.1) is 11.3 Å². The lowest BCUT2D eigenvalue weighted by atomic mass is 10.2. The van der Waals surface area contributed by atoms with Gasteiger partial charge in [-0.25, -0.2) is 4.98 Å². The topological polar surface area (TPSA) is 64.7 Å². The van der Waals surface area contributed by atoms with E-state index in [1.165, 1.54) is 12.4 Å². The lowest BCUT2D eigenvalue weighted by Gasteiger charge is -2.07. The highest BCUT2D eigenvalue weighted by atomic mass is 32.1. The molecule has 0 bridgehead atoms. The van der Waals surface area contributed by atoms with Crippen molar-refractivity contribution in [2.75, 3.05) is 0 Å². The Labute approximate surface area is 105 Å². The molecule has 0 aliphatic rings. The fourth-order valence-corrected chi connectivity index (χ4v) is 2.07. The third-order valence-corrected chi connectivity index (χ3v) is 3.32. The summed E-state index contributed by atoms with van der Waals surface area (Å²) < 4.78 is 37.2. The summed E-state index contributed by atoms with van der Waals surface area (Å²) in [5.74, 6) is 0. The molecule has 8 heteroatoms. The first-order chi connectivity index (χ1) is 8.38. The lowest BCUT2D eigenvalue weighted by Crippen LogP contribution is -2.12. The zero-order valence-electron chi connectivity index (χ0n) is 9.27. The van der Waals surface area contributed by atoms with Crippen LogP contribution < -0.4 is 5.73 Å². The van der Waals surface area contributed by atoms with Crippen molar-refractivity contribution in [2.24, 2.45) is 5.73 Å². The average Bonchev–Trinajstić information content (AvgIpc) is 2.78. The Kier molecular flexibility index (Phi) is 3.31. The largest absolute Gasteiger partial charge is 0.443 e. The molecule has 0 fully saturated rings. The molecular formula is C10H9F3N4S. The minimum Gasteiger partial charge on any atom is -0.318 e. The third kappa shape index (κ3) is 2.65. The summed E-state index contributed by atoms with van der Waals surface area (Å²) in [5, 5.41) is -0.909. The van der Waals surface area contributed by atoms with Crippen LogP contribution in [-0.4, -0.2) is 15.0 Å². The fraction of sp³-hybridized carbons (Fsp3) is 0.300. The van der Waals surface area contributed by atoms with Crippen LogP contribution in [0.2, 0.25) is 0 Å². The number of hydrogen-bond acceptors (Lipinski definition) is 5. The van der Waals surface area contributed by atoms with E-state index >= 15 is 0 Å². The Morgan fingerprint density at radius 2 is 1.89 bits per heavy atom. The molecule has 1 atom stereocenters. The number of aromatic nitrogens is 3. The Morgan fingerprint density at radius 3 is 2.39 bits per heavy atom. The Morgan fingerprint density at radius 1 is 1.17 bits per heavy atom. The normalized spacial score (nSPS) is 13.6. The van der Waals surface area contributed by atoms with Crippen LogP contribution in [0.3, 0.4) is 0 Å². The van der Waals surface area contributed by atoms with Gasteiger partial charge in [-0.3, -0.25) is 9.97 Å². The minimum absolute atomic E-state index is 0.306. The molecule has 0 saturated carbocycles. The maximum absolute atomic E-state index is 12.4. The van der Waals surface area contributed by atoms with Crippen LogP contribution in [0.1, 0.15) is 27.3 Å². The summed E-state index contributed by atoms with van der Waals surface area (Å²) in [4.78, 5) is 11.7. The first kappa shape index (κ1) is 12.9. The Balaban J connectivity index is 2.26. The molecule has 2 rings (SSSR count). The number of thiazole rings is 1. The number of halogens is 3. The predicted molar refractivity (Wildman–Crippen MR) is 59.9 cm³/mol. The van der Waals surface area contributed by atoms with Gasteiger partial charge >= 0.3 is 6.18 Å². The summed E-state index contributed by atoms with van der Waals surface area (Å²) in [5.41, 5.74) is 6.95. The minimum atomic E-state index is -4.44. The van der Waals surface area contributed by atoms with Gasteiger partial charge in [0.2, 0.25) is 0 Å². The van der Waals surface area contributed by atoms with Crippen LogP contribution >= 0.6 is 11.3 Å². The standard InChI is InChI=1S/C10H9F3N4S/c1-5-2-16-6(3-15-5)8(14)7-4-17-9(18-7)10(11,12)13/h2-4,8H,14H2,1H3. The van der Waals surface area contributed by atoms with E-state index in [-0.39, 0.29) is 0 Å². The van der Waals surface area contributed by atoms with E-state index in [0.29, 0.717) is 27.6 Å². The van der Waals surface area contributed by atoms with Crippen LogP contribution in [0, 0.1) is 6.92 Å². The number of hydrogen-bond donors (Lipinski definition) is 1. The molecule has 18 heavy (non-hydrogen) atoms. The van der Waals surface area contributed by atoms with Crippen LogP contribution in [0.5, 0.6) is 0 Å². The van der Waals surface area contributed by atoms with E-state index in [9.17, 15) is 13.2 Å². The van der Waals surface area contributed by atoms with Crippen LogP contribution in [0.25, 0.3) is 0 Å². The maximum Gasteiger partial charge on any atom is 0.443 e. The zero-order valence-corrected chi connectivity index (χ0v) is 10.1. The molecule has 2 aromatic rings. The van der Waals surface area contributed by atoms with Gasteiger partial charge in [0, 0.05) is 17.3 Å². The SMILES string of the molecule is Cc1cnc(C(N)c2cnc(C(F)(F)F)s2)cn1. The number of alkyl halides is 3. The van der Waals surface area contributed by atoms with Crippen molar-refractivity contribution in [3.8, 4) is 0 Å². The van der Waals surface area contributed by atoms with Gasteiger partial charge in [0.25, 0.3) is 0 Å². The van der Waals surface area contributed by atoms with Crippen molar-refractivity contribution >= 4 is 11.3 Å². The summed E-state index contributed by atoms with van der Waals surface area (Å²) in [6, 6.07) is -0.744. The number of nitrogens with zero attached hydrogens (tertiary/aromatic N) is 3. The van der Waals surface area contributed by atoms with Crippen molar-refractivity contribution < 1.29 is 13.2 Å². The molecule has 2 heterocycles. The van der Waals surface area contributed by atoms with Crippen molar-refractivity contribution in [1.29, 1.82) is 0 Å². The second-order valence-corrected chi connectivity index (χ2v) is 4.69. The highest BCUT2D eigenvalue weighted by molar-refractivity contribution is 7.11. The fourth-order valence-electron chi connectivity index (χ4n) is 1.27. The second-order valence-electron chi connectivity index (χ2n) is 3.63. The van der Waals surface area contributed by atoms with Crippen LogP contribution in [0.4, 0.5) is 13.2 Å². The van der Waals surface area contributed by atoms with E-state index < -0.39 is 17.2 Å². The Bertz CT molecular complexity index is 535. The first-order valence-electron chi connectivity index (χ1n) is 4.95. The van der Waals surface area contributed by atoms with Crippen LogP contribution in [-0.2, 0) is 6.18 Å².